The van der Waals surface area contributed by atoms with Crippen molar-refractivity contribution in [1.29, 1.82) is 0 Å². The van der Waals surface area contributed by atoms with E-state index >= 15 is 0 Å². The Morgan fingerprint density at radius 1 is 1.43 bits per heavy atom. The first-order chi connectivity index (χ1) is 6.69. The Bertz CT molecular complexity index is 334. The standard InChI is InChI=1S/C11H13BrO2/c1-3-10(13)9-7-8(12)5-6-11(9)14-4-2/h5-7H,3-4H2,1-2H3. The number of hydrogen-bond donors (Lipinski definition) is 0. The molecule has 76 valence electrons. The molecule has 0 aliphatic carbocycles. The minimum atomic E-state index is 0.106. The molecule has 0 unspecified atom stereocenters. The lowest BCUT2D eigenvalue weighted by Gasteiger charge is -2.08. The Morgan fingerprint density at radius 2 is 2.14 bits per heavy atom. The molecule has 1 aromatic rings. The molecular formula is C11H13BrO2. The zero-order chi connectivity index (χ0) is 10.6. The van der Waals surface area contributed by atoms with Gasteiger partial charge in [0.15, 0.2) is 5.78 Å². The fourth-order valence-corrected chi connectivity index (χ4v) is 1.55. The number of halogens is 1. The van der Waals surface area contributed by atoms with Crippen molar-refractivity contribution in [3.05, 3.63) is 28.2 Å². The predicted molar refractivity (Wildman–Crippen MR) is 59.9 cm³/mol. The first-order valence-electron chi connectivity index (χ1n) is 4.64. The van der Waals surface area contributed by atoms with Crippen molar-refractivity contribution in [1.82, 2.24) is 0 Å². The van der Waals surface area contributed by atoms with Crippen LogP contribution in [0.25, 0.3) is 0 Å². The van der Waals surface area contributed by atoms with Crippen LogP contribution in [0, 0.1) is 0 Å². The highest BCUT2D eigenvalue weighted by Gasteiger charge is 2.10. The lowest BCUT2D eigenvalue weighted by Crippen LogP contribution is -2.02. The van der Waals surface area contributed by atoms with Gasteiger partial charge in [0.1, 0.15) is 5.75 Å². The van der Waals surface area contributed by atoms with E-state index in [0.29, 0.717) is 24.3 Å². The number of Topliss-reactive ketones (excluding diaryl/α,β-unsaturated/α-hetero) is 1. The molecule has 0 bridgehead atoms. The number of benzene rings is 1. The third-order valence-electron chi connectivity index (χ3n) is 1.86. The maximum atomic E-state index is 11.6. The molecule has 2 nitrogen and oxygen atoms in total. The maximum absolute atomic E-state index is 11.6. The molecule has 0 spiro atoms. The van der Waals surface area contributed by atoms with Gasteiger partial charge in [0, 0.05) is 10.9 Å². The van der Waals surface area contributed by atoms with E-state index in [1.54, 1.807) is 6.07 Å². The number of ketones is 1. The van der Waals surface area contributed by atoms with Gasteiger partial charge in [-0.2, -0.15) is 0 Å². The molecule has 14 heavy (non-hydrogen) atoms. The average molecular weight is 257 g/mol. The Hall–Kier alpha value is -0.830. The minimum absolute atomic E-state index is 0.106. The van der Waals surface area contributed by atoms with Gasteiger partial charge in [-0.3, -0.25) is 4.79 Å². The maximum Gasteiger partial charge on any atom is 0.166 e. The van der Waals surface area contributed by atoms with Gasteiger partial charge in [0.25, 0.3) is 0 Å². The van der Waals surface area contributed by atoms with Crippen molar-refractivity contribution in [3.63, 3.8) is 0 Å². The van der Waals surface area contributed by atoms with Gasteiger partial charge < -0.3 is 4.74 Å². The van der Waals surface area contributed by atoms with Crippen LogP contribution in [-0.2, 0) is 0 Å². The smallest absolute Gasteiger partial charge is 0.166 e. The monoisotopic (exact) mass is 256 g/mol. The summed E-state index contributed by atoms with van der Waals surface area (Å²) in [6.45, 7) is 4.33. The first-order valence-corrected chi connectivity index (χ1v) is 5.43. The summed E-state index contributed by atoms with van der Waals surface area (Å²) < 4.78 is 6.27. The molecule has 0 saturated carbocycles. The summed E-state index contributed by atoms with van der Waals surface area (Å²) in [6, 6.07) is 5.49. The predicted octanol–water partition coefficient (Wildman–Crippen LogP) is 3.44. The Morgan fingerprint density at radius 3 is 2.71 bits per heavy atom. The molecule has 0 atom stereocenters. The van der Waals surface area contributed by atoms with Crippen LogP contribution >= 0.6 is 15.9 Å². The van der Waals surface area contributed by atoms with E-state index in [-0.39, 0.29) is 5.78 Å². The number of ether oxygens (including phenoxy) is 1. The normalized spacial score (nSPS) is 9.93. The first kappa shape index (κ1) is 11.2. The van der Waals surface area contributed by atoms with E-state index in [0.717, 1.165) is 4.47 Å². The molecule has 1 rings (SSSR count). The summed E-state index contributed by atoms with van der Waals surface area (Å²) in [5.74, 6) is 0.775. The second kappa shape index (κ2) is 5.15. The van der Waals surface area contributed by atoms with Gasteiger partial charge in [0.05, 0.1) is 12.2 Å². The molecule has 0 radical (unpaired) electrons. The molecule has 0 heterocycles. The molecule has 0 saturated heterocycles. The van der Waals surface area contributed by atoms with Crippen LogP contribution in [0.5, 0.6) is 5.75 Å². The van der Waals surface area contributed by atoms with Crippen LogP contribution in [0.4, 0.5) is 0 Å². The summed E-state index contributed by atoms with van der Waals surface area (Å²) in [5.41, 5.74) is 0.656. The van der Waals surface area contributed by atoms with Crippen molar-refractivity contribution < 1.29 is 9.53 Å². The van der Waals surface area contributed by atoms with E-state index in [4.69, 9.17) is 4.74 Å². The van der Waals surface area contributed by atoms with E-state index < -0.39 is 0 Å². The van der Waals surface area contributed by atoms with Crippen LogP contribution in [-0.4, -0.2) is 12.4 Å². The van der Waals surface area contributed by atoms with Gasteiger partial charge in [-0.1, -0.05) is 22.9 Å². The van der Waals surface area contributed by atoms with Gasteiger partial charge >= 0.3 is 0 Å². The SMILES string of the molecule is CCOc1ccc(Br)cc1C(=O)CC. The lowest BCUT2D eigenvalue weighted by atomic mass is 10.1. The highest BCUT2D eigenvalue weighted by Crippen LogP contribution is 2.24. The molecule has 0 N–H and O–H groups in total. The third-order valence-corrected chi connectivity index (χ3v) is 2.36. The van der Waals surface area contributed by atoms with Crippen molar-refractivity contribution in [2.75, 3.05) is 6.61 Å². The Kier molecular flexibility index (Phi) is 4.14. The highest BCUT2D eigenvalue weighted by molar-refractivity contribution is 9.10. The number of hydrogen-bond acceptors (Lipinski definition) is 2. The summed E-state index contributed by atoms with van der Waals surface area (Å²) in [6.07, 6.45) is 0.497. The zero-order valence-corrected chi connectivity index (χ0v) is 9.93. The average Bonchev–Trinajstić information content (AvgIpc) is 2.20. The fourth-order valence-electron chi connectivity index (χ4n) is 1.19. The van der Waals surface area contributed by atoms with Gasteiger partial charge in [-0.05, 0) is 25.1 Å². The Balaban J connectivity index is 3.08. The molecule has 3 heteroatoms. The van der Waals surface area contributed by atoms with E-state index in [9.17, 15) is 4.79 Å². The number of rotatable bonds is 4. The van der Waals surface area contributed by atoms with Gasteiger partial charge in [0.2, 0.25) is 0 Å². The van der Waals surface area contributed by atoms with E-state index in [1.807, 2.05) is 26.0 Å². The molecular weight excluding hydrogens is 244 g/mol. The third kappa shape index (κ3) is 2.58. The van der Waals surface area contributed by atoms with Crippen molar-refractivity contribution in [2.24, 2.45) is 0 Å². The lowest BCUT2D eigenvalue weighted by molar-refractivity contribution is 0.0984. The van der Waals surface area contributed by atoms with Crippen molar-refractivity contribution in [2.45, 2.75) is 20.3 Å². The molecule has 0 fully saturated rings. The zero-order valence-electron chi connectivity index (χ0n) is 8.34. The van der Waals surface area contributed by atoms with E-state index in [1.165, 1.54) is 0 Å². The minimum Gasteiger partial charge on any atom is -0.493 e. The highest BCUT2D eigenvalue weighted by atomic mass is 79.9. The van der Waals surface area contributed by atoms with Crippen LogP contribution in [0.1, 0.15) is 30.6 Å². The summed E-state index contributed by atoms with van der Waals surface area (Å²) in [7, 11) is 0. The van der Waals surface area contributed by atoms with Crippen molar-refractivity contribution >= 4 is 21.7 Å². The summed E-state index contributed by atoms with van der Waals surface area (Å²) in [4.78, 5) is 11.6. The quantitative estimate of drug-likeness (QED) is 0.772. The largest absolute Gasteiger partial charge is 0.493 e. The van der Waals surface area contributed by atoms with Crippen LogP contribution in [0.15, 0.2) is 22.7 Å². The Labute approximate surface area is 92.4 Å². The van der Waals surface area contributed by atoms with E-state index in [2.05, 4.69) is 15.9 Å². The van der Waals surface area contributed by atoms with Crippen molar-refractivity contribution in [3.8, 4) is 5.75 Å². The topological polar surface area (TPSA) is 26.3 Å². The van der Waals surface area contributed by atoms with Gasteiger partial charge in [-0.15, -0.1) is 0 Å². The molecule has 0 aromatic heterocycles. The molecule has 1 aromatic carbocycles. The van der Waals surface area contributed by atoms with Crippen LogP contribution in [0.2, 0.25) is 0 Å². The second-order valence-electron chi connectivity index (χ2n) is 2.85. The molecule has 0 aliphatic rings. The molecule has 0 amide bonds. The summed E-state index contributed by atoms with van der Waals surface area (Å²) in [5, 5.41) is 0. The van der Waals surface area contributed by atoms with Crippen LogP contribution in [0.3, 0.4) is 0 Å². The number of carbonyl (C=O) groups is 1. The van der Waals surface area contributed by atoms with Crippen LogP contribution < -0.4 is 4.74 Å². The summed E-state index contributed by atoms with van der Waals surface area (Å²) >= 11 is 3.34. The molecule has 0 aliphatic heterocycles. The number of carbonyl (C=O) groups excluding carboxylic acids is 1. The van der Waals surface area contributed by atoms with Gasteiger partial charge in [-0.25, -0.2) is 0 Å². The fraction of sp³-hybridized carbons (Fsp3) is 0.364. The second-order valence-corrected chi connectivity index (χ2v) is 3.77.